The van der Waals surface area contributed by atoms with Crippen molar-refractivity contribution < 1.29 is 14.3 Å². The van der Waals surface area contributed by atoms with Gasteiger partial charge in [-0.2, -0.15) is 0 Å². The normalized spacial score (nSPS) is 8.20. The van der Waals surface area contributed by atoms with Gasteiger partial charge in [0.1, 0.15) is 0 Å². The Hall–Kier alpha value is -1.55. The van der Waals surface area contributed by atoms with Gasteiger partial charge in [-0.05, 0) is 25.8 Å². The molecule has 1 N–H and O–H groups in total. The number of aryl methyl sites for hydroxylation is 1. The lowest BCUT2D eigenvalue weighted by molar-refractivity contribution is -0.128. The first-order valence-electron chi connectivity index (χ1n) is 6.49. The molecule has 20 heavy (non-hydrogen) atoms. The van der Waals surface area contributed by atoms with Crippen LogP contribution in [0.2, 0.25) is 0 Å². The summed E-state index contributed by atoms with van der Waals surface area (Å²) in [6, 6.07) is 8.22. The van der Waals surface area contributed by atoms with Gasteiger partial charge in [-0.3, -0.25) is 9.59 Å². The van der Waals surface area contributed by atoms with Crippen molar-refractivity contribution in [1.82, 2.24) is 5.32 Å². The van der Waals surface area contributed by atoms with Crippen LogP contribution in [0.3, 0.4) is 0 Å². The zero-order chi connectivity index (χ0) is 15.6. The number of nitrogens with one attached hydrogen (secondary N) is 1. The third kappa shape index (κ3) is 16.4. The fourth-order valence-electron chi connectivity index (χ4n) is 0.948. The largest absolute Gasteiger partial charge is 0.468 e. The first-order valence-corrected chi connectivity index (χ1v) is 7.03. The highest BCUT2D eigenvalue weighted by atomic mass is 35.5. The molecule has 1 aromatic carbocycles. The molecular formula is C15H24ClNO3. The second-order valence-electron chi connectivity index (χ2n) is 3.74. The minimum Gasteiger partial charge on any atom is -0.468 e. The van der Waals surface area contributed by atoms with Gasteiger partial charge in [0.05, 0.1) is 6.61 Å². The first-order chi connectivity index (χ1) is 9.65. The highest BCUT2D eigenvalue weighted by molar-refractivity contribution is 6.17. The van der Waals surface area contributed by atoms with Crippen molar-refractivity contribution in [2.75, 3.05) is 13.2 Å². The lowest BCUT2D eigenvalue weighted by atomic mass is 10.2. The molecule has 1 aromatic rings. The molecule has 0 atom stereocenters. The second kappa shape index (κ2) is 17.4. The molecule has 0 aromatic heterocycles. The Kier molecular flexibility index (Phi) is 18.1. The summed E-state index contributed by atoms with van der Waals surface area (Å²) >= 11 is 5.58. The number of ether oxygens (including phenoxy) is 1. The van der Waals surface area contributed by atoms with Gasteiger partial charge in [-0.25, -0.2) is 0 Å². The van der Waals surface area contributed by atoms with E-state index in [-0.39, 0.29) is 0 Å². The van der Waals surface area contributed by atoms with Gasteiger partial charge < -0.3 is 10.1 Å². The predicted molar refractivity (Wildman–Crippen MR) is 82.8 cm³/mol. The van der Waals surface area contributed by atoms with E-state index in [9.17, 15) is 9.59 Å². The summed E-state index contributed by atoms with van der Waals surface area (Å²) in [5.41, 5.74) is 2.46. The Labute approximate surface area is 126 Å². The summed E-state index contributed by atoms with van der Waals surface area (Å²) in [4.78, 5) is 18.6. The van der Waals surface area contributed by atoms with E-state index in [4.69, 9.17) is 11.6 Å². The quantitative estimate of drug-likeness (QED) is 0.499. The van der Waals surface area contributed by atoms with Crippen molar-refractivity contribution in [3.8, 4) is 0 Å². The predicted octanol–water partition coefficient (Wildman–Crippen LogP) is 3.06. The zero-order valence-electron chi connectivity index (χ0n) is 12.4. The molecule has 0 heterocycles. The van der Waals surface area contributed by atoms with Crippen LogP contribution in [0.25, 0.3) is 0 Å². The maximum atomic E-state index is 9.45. The van der Waals surface area contributed by atoms with Crippen LogP contribution in [0.15, 0.2) is 24.3 Å². The molecule has 1 rings (SSSR count). The zero-order valence-corrected chi connectivity index (χ0v) is 13.2. The average Bonchev–Trinajstić information content (AvgIpc) is 2.48. The van der Waals surface area contributed by atoms with Crippen LogP contribution >= 0.6 is 11.6 Å². The van der Waals surface area contributed by atoms with E-state index in [1.54, 1.807) is 6.92 Å². The number of hydrogen-bond acceptors (Lipinski definition) is 3. The van der Waals surface area contributed by atoms with E-state index in [0.717, 1.165) is 13.0 Å². The highest BCUT2D eigenvalue weighted by Crippen LogP contribution is 2.04. The molecule has 0 fully saturated rings. The Balaban J connectivity index is 0. The van der Waals surface area contributed by atoms with Crippen LogP contribution < -0.4 is 5.32 Å². The molecule has 0 bridgehead atoms. The summed E-state index contributed by atoms with van der Waals surface area (Å²) in [7, 11) is 0. The van der Waals surface area contributed by atoms with Gasteiger partial charge in [0.25, 0.3) is 6.47 Å². The number of hydrogen-bond donors (Lipinski definition) is 1. The molecule has 1 amide bonds. The standard InChI is InChI=1S/C8H9Cl.C4H9NO.C3H6O2/c1-7-2-4-8(6-9)5-3-7;1-2-3-5-4-6;1-2-5-3-4/h2-5H,6H2,1H3;4H,2-3H2,1H3,(H,5,6);3H,2H2,1H3. The average molecular weight is 302 g/mol. The molecule has 0 saturated carbocycles. The van der Waals surface area contributed by atoms with Crippen molar-refractivity contribution in [2.24, 2.45) is 0 Å². The Morgan fingerprint density at radius 2 is 1.80 bits per heavy atom. The summed E-state index contributed by atoms with van der Waals surface area (Å²) in [5.74, 6) is 0.611. The third-order valence-corrected chi connectivity index (χ3v) is 2.30. The topological polar surface area (TPSA) is 55.4 Å². The van der Waals surface area contributed by atoms with E-state index in [0.29, 0.717) is 25.4 Å². The third-order valence-electron chi connectivity index (χ3n) is 1.99. The van der Waals surface area contributed by atoms with Crippen molar-refractivity contribution in [1.29, 1.82) is 0 Å². The number of rotatable bonds is 6. The molecule has 0 radical (unpaired) electrons. The fourth-order valence-corrected chi connectivity index (χ4v) is 1.13. The van der Waals surface area contributed by atoms with E-state index in [2.05, 4.69) is 29.1 Å². The fraction of sp³-hybridized carbons (Fsp3) is 0.467. The van der Waals surface area contributed by atoms with Gasteiger partial charge >= 0.3 is 0 Å². The maximum absolute atomic E-state index is 9.45. The summed E-state index contributed by atoms with van der Waals surface area (Å²) < 4.78 is 4.15. The maximum Gasteiger partial charge on any atom is 0.293 e. The van der Waals surface area contributed by atoms with Crippen molar-refractivity contribution >= 4 is 24.5 Å². The molecule has 0 aliphatic carbocycles. The number of halogens is 1. The minimum absolute atomic E-state index is 0.431. The van der Waals surface area contributed by atoms with Crippen molar-refractivity contribution in [3.63, 3.8) is 0 Å². The lowest BCUT2D eigenvalue weighted by Crippen LogP contribution is -2.10. The molecule has 0 saturated heterocycles. The smallest absolute Gasteiger partial charge is 0.293 e. The molecule has 5 heteroatoms. The Bertz CT molecular complexity index is 328. The number of carbonyl (C=O) groups is 2. The molecule has 0 unspecified atom stereocenters. The molecular weight excluding hydrogens is 278 g/mol. The Morgan fingerprint density at radius 1 is 1.20 bits per heavy atom. The van der Waals surface area contributed by atoms with Gasteiger partial charge in [-0.1, -0.05) is 36.8 Å². The number of carbonyl (C=O) groups excluding carboxylic acids is 2. The highest BCUT2D eigenvalue weighted by Gasteiger charge is 1.86. The van der Waals surface area contributed by atoms with E-state index < -0.39 is 0 Å². The van der Waals surface area contributed by atoms with Gasteiger partial charge in [0, 0.05) is 12.4 Å². The lowest BCUT2D eigenvalue weighted by Gasteiger charge is -1.93. The molecule has 0 aliphatic heterocycles. The van der Waals surface area contributed by atoms with E-state index in [1.807, 2.05) is 19.1 Å². The SMILES string of the molecule is CCCNC=O.CCOC=O.Cc1ccc(CCl)cc1. The van der Waals surface area contributed by atoms with Gasteiger partial charge in [-0.15, -0.1) is 11.6 Å². The van der Waals surface area contributed by atoms with Crippen LogP contribution in [0.5, 0.6) is 0 Å². The monoisotopic (exact) mass is 301 g/mol. The van der Waals surface area contributed by atoms with Crippen molar-refractivity contribution in [2.45, 2.75) is 33.1 Å². The number of benzene rings is 1. The van der Waals surface area contributed by atoms with Crippen LogP contribution in [0.4, 0.5) is 0 Å². The molecule has 0 spiro atoms. The van der Waals surface area contributed by atoms with E-state index >= 15 is 0 Å². The second-order valence-corrected chi connectivity index (χ2v) is 4.01. The van der Waals surface area contributed by atoms with Gasteiger partial charge in [0.15, 0.2) is 0 Å². The van der Waals surface area contributed by atoms with Crippen molar-refractivity contribution in [3.05, 3.63) is 35.4 Å². The van der Waals surface area contributed by atoms with Gasteiger partial charge in [0.2, 0.25) is 6.41 Å². The molecule has 114 valence electrons. The molecule has 4 nitrogen and oxygen atoms in total. The van der Waals surface area contributed by atoms with Crippen LogP contribution in [0, 0.1) is 6.92 Å². The summed E-state index contributed by atoms with van der Waals surface area (Å²) in [5, 5.41) is 2.52. The first kappa shape index (κ1) is 20.8. The van der Waals surface area contributed by atoms with E-state index in [1.165, 1.54) is 11.1 Å². The summed E-state index contributed by atoms with van der Waals surface area (Å²) in [6.45, 7) is 7.54. The summed E-state index contributed by atoms with van der Waals surface area (Å²) in [6.07, 6.45) is 1.72. The number of alkyl halides is 1. The van der Waals surface area contributed by atoms with Crippen LogP contribution in [0.1, 0.15) is 31.4 Å². The molecule has 0 aliphatic rings. The van der Waals surface area contributed by atoms with Crippen LogP contribution in [-0.4, -0.2) is 26.0 Å². The number of amides is 1. The van der Waals surface area contributed by atoms with Crippen LogP contribution in [-0.2, 0) is 20.2 Å². The Morgan fingerprint density at radius 3 is 2.05 bits per heavy atom. The minimum atomic E-state index is 0.431.